The minimum Gasteiger partial charge on any atom is -0.298 e. The van der Waals surface area contributed by atoms with E-state index in [0.717, 1.165) is 12.1 Å². The number of nitrogens with one attached hydrogen (secondary N) is 2. The molecule has 1 atom stereocenters. The van der Waals surface area contributed by atoms with Crippen molar-refractivity contribution in [2.24, 2.45) is 0 Å². The molecule has 5 nitrogen and oxygen atoms in total. The van der Waals surface area contributed by atoms with Crippen LogP contribution < -0.4 is 10.6 Å². The third-order valence-electron chi connectivity index (χ3n) is 2.89. The van der Waals surface area contributed by atoms with Gasteiger partial charge < -0.3 is 0 Å². The van der Waals surface area contributed by atoms with Gasteiger partial charge in [-0.1, -0.05) is 13.0 Å². The number of pyridine rings is 1. The van der Waals surface area contributed by atoms with Gasteiger partial charge >= 0.3 is 0 Å². The Labute approximate surface area is 107 Å². The number of carbonyl (C=O) groups is 2. The van der Waals surface area contributed by atoms with E-state index in [-0.39, 0.29) is 23.9 Å². The third-order valence-corrected chi connectivity index (χ3v) is 2.89. The molecule has 0 fully saturated rings. The van der Waals surface area contributed by atoms with Crippen molar-refractivity contribution in [3.8, 4) is 0 Å². The van der Waals surface area contributed by atoms with Crippen LogP contribution in [0.3, 0.4) is 0 Å². The van der Waals surface area contributed by atoms with Crippen LogP contribution in [-0.4, -0.2) is 23.3 Å². The summed E-state index contributed by atoms with van der Waals surface area (Å²) in [4.78, 5) is 26.5. The van der Waals surface area contributed by atoms with Crippen LogP contribution in [0.25, 0.3) is 0 Å². The molecule has 2 amide bonds. The lowest BCUT2D eigenvalue weighted by molar-refractivity contribution is -0.128. The van der Waals surface area contributed by atoms with Gasteiger partial charge in [-0.25, -0.2) is 0 Å². The van der Waals surface area contributed by atoms with Gasteiger partial charge in [-0.3, -0.25) is 25.2 Å². The van der Waals surface area contributed by atoms with Crippen molar-refractivity contribution in [1.82, 2.24) is 15.6 Å². The Morgan fingerprint density at radius 2 is 2.11 bits per heavy atom. The molecule has 1 aromatic heterocycles. The lowest BCUT2D eigenvalue weighted by Gasteiger charge is -2.28. The molecule has 1 rings (SSSR count). The summed E-state index contributed by atoms with van der Waals surface area (Å²) < 4.78 is 0. The van der Waals surface area contributed by atoms with Crippen molar-refractivity contribution in [2.75, 3.05) is 6.54 Å². The van der Waals surface area contributed by atoms with Crippen LogP contribution in [0.15, 0.2) is 24.4 Å². The molecule has 1 aromatic rings. The Kier molecular flexibility index (Phi) is 4.97. The van der Waals surface area contributed by atoms with E-state index in [4.69, 9.17) is 0 Å². The van der Waals surface area contributed by atoms with Gasteiger partial charge in [0, 0.05) is 13.1 Å². The van der Waals surface area contributed by atoms with Crippen molar-refractivity contribution in [3.63, 3.8) is 0 Å². The van der Waals surface area contributed by atoms with E-state index in [2.05, 4.69) is 15.6 Å². The first-order valence-electron chi connectivity index (χ1n) is 5.95. The second kappa shape index (κ2) is 6.26. The Morgan fingerprint density at radius 3 is 2.61 bits per heavy atom. The van der Waals surface area contributed by atoms with Crippen molar-refractivity contribution < 1.29 is 9.59 Å². The van der Waals surface area contributed by atoms with Gasteiger partial charge in [-0.15, -0.1) is 0 Å². The first-order chi connectivity index (χ1) is 8.48. The van der Waals surface area contributed by atoms with Gasteiger partial charge in [0.1, 0.15) is 0 Å². The highest BCUT2D eigenvalue weighted by atomic mass is 16.2. The molecule has 5 heteroatoms. The summed E-state index contributed by atoms with van der Waals surface area (Å²) in [7, 11) is 0. The zero-order valence-electron chi connectivity index (χ0n) is 11.0. The highest BCUT2D eigenvalue weighted by molar-refractivity contribution is 5.94. The Hall–Kier alpha value is -1.75. The van der Waals surface area contributed by atoms with E-state index in [1.54, 1.807) is 6.20 Å². The molecule has 1 heterocycles. The van der Waals surface area contributed by atoms with Crippen LogP contribution in [0.2, 0.25) is 0 Å². The SMILES string of the molecule is CCC(C)(NCC(=O)NC(C)=O)c1ccccn1. The number of carbonyl (C=O) groups excluding carboxylic acids is 2. The standard InChI is InChI=1S/C13H19N3O2/c1-4-13(3,11-7-5-6-8-14-11)15-9-12(18)16-10(2)17/h5-8,15H,4,9H2,1-3H3,(H,16,17,18). The van der Waals surface area contributed by atoms with Crippen LogP contribution in [0, 0.1) is 0 Å². The number of aromatic nitrogens is 1. The maximum absolute atomic E-state index is 11.4. The summed E-state index contributed by atoms with van der Waals surface area (Å²) in [5.74, 6) is -0.684. The van der Waals surface area contributed by atoms with E-state index in [0.29, 0.717) is 0 Å². The van der Waals surface area contributed by atoms with E-state index in [1.165, 1.54) is 6.92 Å². The average Bonchev–Trinajstić information content (AvgIpc) is 2.36. The summed E-state index contributed by atoms with van der Waals surface area (Å²) in [5, 5.41) is 5.37. The van der Waals surface area contributed by atoms with E-state index in [9.17, 15) is 9.59 Å². The van der Waals surface area contributed by atoms with Crippen LogP contribution >= 0.6 is 0 Å². The number of amides is 2. The van der Waals surface area contributed by atoms with Crippen molar-refractivity contribution in [2.45, 2.75) is 32.7 Å². The monoisotopic (exact) mass is 249 g/mol. The van der Waals surface area contributed by atoms with Crippen molar-refractivity contribution >= 4 is 11.8 Å². The molecule has 1 unspecified atom stereocenters. The highest BCUT2D eigenvalue weighted by Gasteiger charge is 2.25. The lowest BCUT2D eigenvalue weighted by atomic mass is 9.94. The van der Waals surface area contributed by atoms with Gasteiger partial charge in [0.25, 0.3) is 0 Å². The molecular weight excluding hydrogens is 230 g/mol. The Bertz CT molecular complexity index is 420. The zero-order chi connectivity index (χ0) is 13.6. The van der Waals surface area contributed by atoms with Crippen LogP contribution in [-0.2, 0) is 15.1 Å². The largest absolute Gasteiger partial charge is 0.298 e. The molecule has 0 aliphatic rings. The fraction of sp³-hybridized carbons (Fsp3) is 0.462. The quantitative estimate of drug-likeness (QED) is 0.815. The normalized spacial score (nSPS) is 13.7. The molecule has 0 bridgehead atoms. The summed E-state index contributed by atoms with van der Waals surface area (Å²) in [6.45, 7) is 5.40. The smallest absolute Gasteiger partial charge is 0.240 e. The minimum absolute atomic E-state index is 0.0838. The van der Waals surface area contributed by atoms with Crippen LogP contribution in [0.4, 0.5) is 0 Å². The first-order valence-corrected chi connectivity index (χ1v) is 5.95. The second-order valence-electron chi connectivity index (χ2n) is 4.36. The molecule has 98 valence electrons. The van der Waals surface area contributed by atoms with Crippen LogP contribution in [0.5, 0.6) is 0 Å². The highest BCUT2D eigenvalue weighted by Crippen LogP contribution is 2.21. The molecule has 0 aliphatic heterocycles. The molecule has 0 aromatic carbocycles. The second-order valence-corrected chi connectivity index (χ2v) is 4.36. The summed E-state index contributed by atoms with van der Waals surface area (Å²) >= 11 is 0. The number of imide groups is 1. The molecule has 0 aliphatic carbocycles. The van der Waals surface area contributed by atoms with Crippen molar-refractivity contribution in [1.29, 1.82) is 0 Å². The Morgan fingerprint density at radius 1 is 1.39 bits per heavy atom. The molecule has 2 N–H and O–H groups in total. The molecule has 0 spiro atoms. The van der Waals surface area contributed by atoms with Gasteiger partial charge in [0.2, 0.25) is 11.8 Å². The number of nitrogens with zero attached hydrogens (tertiary/aromatic N) is 1. The van der Waals surface area contributed by atoms with Gasteiger partial charge in [-0.05, 0) is 25.5 Å². The van der Waals surface area contributed by atoms with Gasteiger partial charge in [-0.2, -0.15) is 0 Å². The number of hydrogen-bond acceptors (Lipinski definition) is 4. The van der Waals surface area contributed by atoms with E-state index < -0.39 is 0 Å². The maximum atomic E-state index is 11.4. The fourth-order valence-corrected chi connectivity index (χ4v) is 1.60. The minimum atomic E-state index is -0.380. The molecule has 0 saturated heterocycles. The zero-order valence-corrected chi connectivity index (χ0v) is 11.0. The number of hydrogen-bond donors (Lipinski definition) is 2. The van der Waals surface area contributed by atoms with Crippen LogP contribution in [0.1, 0.15) is 32.9 Å². The molecule has 0 saturated carbocycles. The molecule has 18 heavy (non-hydrogen) atoms. The first kappa shape index (κ1) is 14.3. The molecular formula is C13H19N3O2. The van der Waals surface area contributed by atoms with E-state index >= 15 is 0 Å². The Balaban J connectivity index is 2.67. The summed E-state index contributed by atoms with van der Waals surface area (Å²) in [6.07, 6.45) is 2.51. The average molecular weight is 249 g/mol. The predicted octanol–water partition coefficient (Wildman–Crippen LogP) is 0.959. The fourth-order valence-electron chi connectivity index (χ4n) is 1.60. The topological polar surface area (TPSA) is 71.1 Å². The maximum Gasteiger partial charge on any atom is 0.240 e. The number of rotatable bonds is 5. The third kappa shape index (κ3) is 3.92. The summed E-state index contributed by atoms with van der Waals surface area (Å²) in [6, 6.07) is 5.68. The van der Waals surface area contributed by atoms with Gasteiger partial charge in [0.05, 0.1) is 17.8 Å². The molecule has 0 radical (unpaired) electrons. The lowest BCUT2D eigenvalue weighted by Crippen LogP contribution is -2.46. The summed E-state index contributed by atoms with van der Waals surface area (Å²) in [5.41, 5.74) is 0.498. The van der Waals surface area contributed by atoms with Crippen molar-refractivity contribution in [3.05, 3.63) is 30.1 Å². The predicted molar refractivity (Wildman–Crippen MR) is 68.7 cm³/mol. The van der Waals surface area contributed by atoms with Gasteiger partial charge in [0.15, 0.2) is 0 Å². The van der Waals surface area contributed by atoms with E-state index in [1.807, 2.05) is 32.0 Å².